The van der Waals surface area contributed by atoms with Crippen LogP contribution in [0.4, 0.5) is 0 Å². The zero-order chi connectivity index (χ0) is 18.1. The molecule has 0 aliphatic heterocycles. The van der Waals surface area contributed by atoms with E-state index in [2.05, 4.69) is 13.8 Å². The predicted octanol–water partition coefficient (Wildman–Crippen LogP) is 4.22. The van der Waals surface area contributed by atoms with Gasteiger partial charge in [0, 0.05) is 6.42 Å². The molecular formula is C21H24O4. The minimum atomic E-state index is -0.357. The highest BCUT2D eigenvalue weighted by Gasteiger charge is 2.08. The minimum Gasteiger partial charge on any atom is -0.462 e. The smallest absolute Gasteiger partial charge is 0.338 e. The minimum absolute atomic E-state index is 0.219. The average molecular weight is 340 g/mol. The first-order valence-corrected chi connectivity index (χ1v) is 8.66. The second kappa shape index (κ2) is 9.62. The van der Waals surface area contributed by atoms with E-state index in [9.17, 15) is 9.59 Å². The van der Waals surface area contributed by atoms with Crippen molar-refractivity contribution in [2.45, 2.75) is 33.1 Å². The summed E-state index contributed by atoms with van der Waals surface area (Å²) in [7, 11) is 0. The van der Waals surface area contributed by atoms with Crippen LogP contribution >= 0.6 is 0 Å². The third kappa shape index (κ3) is 5.75. The molecule has 0 bridgehead atoms. The molecule has 0 heterocycles. The lowest BCUT2D eigenvalue weighted by Gasteiger charge is -2.07. The van der Waals surface area contributed by atoms with Gasteiger partial charge < -0.3 is 9.47 Å². The zero-order valence-corrected chi connectivity index (χ0v) is 14.8. The highest BCUT2D eigenvalue weighted by atomic mass is 16.5. The van der Waals surface area contributed by atoms with Gasteiger partial charge in [-0.3, -0.25) is 0 Å². The van der Waals surface area contributed by atoms with Crippen LogP contribution in [0.15, 0.2) is 48.5 Å². The van der Waals surface area contributed by atoms with Crippen LogP contribution in [0.2, 0.25) is 0 Å². The van der Waals surface area contributed by atoms with Crippen LogP contribution in [0, 0.1) is 0 Å². The van der Waals surface area contributed by atoms with Gasteiger partial charge in [0.1, 0.15) is 0 Å². The van der Waals surface area contributed by atoms with Crippen LogP contribution in [-0.2, 0) is 22.3 Å². The number of carbonyl (C=O) groups is 2. The summed E-state index contributed by atoms with van der Waals surface area (Å²) in [5.74, 6) is -0.715. The molecule has 2 aromatic rings. The number of hydrogen-bond donors (Lipinski definition) is 0. The lowest BCUT2D eigenvalue weighted by Crippen LogP contribution is -2.11. The van der Waals surface area contributed by atoms with Crippen molar-refractivity contribution in [3.8, 4) is 0 Å². The van der Waals surface area contributed by atoms with Crippen LogP contribution in [0.3, 0.4) is 0 Å². The number of rotatable bonds is 8. The molecule has 4 nitrogen and oxygen atoms in total. The topological polar surface area (TPSA) is 52.6 Å². The Kier molecular flexibility index (Phi) is 7.20. The van der Waals surface area contributed by atoms with Gasteiger partial charge in [0.2, 0.25) is 0 Å². The Morgan fingerprint density at radius 1 is 0.680 bits per heavy atom. The van der Waals surface area contributed by atoms with Gasteiger partial charge in [-0.25, -0.2) is 9.59 Å². The van der Waals surface area contributed by atoms with Crippen molar-refractivity contribution in [1.82, 2.24) is 0 Å². The van der Waals surface area contributed by atoms with E-state index in [1.165, 1.54) is 11.1 Å². The molecule has 4 heteroatoms. The van der Waals surface area contributed by atoms with Crippen molar-refractivity contribution in [1.29, 1.82) is 0 Å². The Morgan fingerprint density at radius 3 is 1.36 bits per heavy atom. The lowest BCUT2D eigenvalue weighted by molar-refractivity contribution is 0.0396. The fourth-order valence-corrected chi connectivity index (χ4v) is 2.31. The molecule has 0 N–H and O–H groups in total. The Morgan fingerprint density at radius 2 is 1.04 bits per heavy atom. The average Bonchev–Trinajstić information content (AvgIpc) is 2.67. The molecule has 0 saturated heterocycles. The summed E-state index contributed by atoms with van der Waals surface area (Å²) < 4.78 is 10.4. The van der Waals surface area contributed by atoms with Gasteiger partial charge in [0.05, 0.1) is 24.3 Å². The maximum absolute atomic E-state index is 11.9. The van der Waals surface area contributed by atoms with E-state index in [4.69, 9.17) is 9.47 Å². The number of hydrogen-bond acceptors (Lipinski definition) is 4. The first-order valence-electron chi connectivity index (χ1n) is 8.66. The summed E-state index contributed by atoms with van der Waals surface area (Å²) >= 11 is 0. The zero-order valence-electron chi connectivity index (χ0n) is 14.8. The van der Waals surface area contributed by atoms with Gasteiger partial charge >= 0.3 is 11.9 Å². The molecule has 0 saturated carbocycles. The first kappa shape index (κ1) is 18.7. The summed E-state index contributed by atoms with van der Waals surface area (Å²) in [6, 6.07) is 14.7. The number of ether oxygens (including phenoxy) is 2. The second-order valence-electron chi connectivity index (χ2n) is 5.73. The van der Waals surface area contributed by atoms with Gasteiger partial charge in [0.25, 0.3) is 0 Å². The summed E-state index contributed by atoms with van der Waals surface area (Å²) in [5, 5.41) is 0. The normalized spacial score (nSPS) is 10.3. The first-order chi connectivity index (χ1) is 12.1. The summed E-state index contributed by atoms with van der Waals surface area (Å²) in [4.78, 5) is 23.8. The highest BCUT2D eigenvalue weighted by molar-refractivity contribution is 5.89. The van der Waals surface area contributed by atoms with Crippen LogP contribution < -0.4 is 0 Å². The molecule has 2 rings (SSSR count). The van der Waals surface area contributed by atoms with E-state index in [1.54, 1.807) is 24.3 Å². The third-order valence-electron chi connectivity index (χ3n) is 3.95. The largest absolute Gasteiger partial charge is 0.462 e. The standard InChI is InChI=1S/C21H24O4/c1-3-16-6-10-18(11-7-16)20(22)24-14-5-15-25-21(23)19-12-8-17(4-2)9-13-19/h6-13H,3-5,14-15H2,1-2H3. The molecule has 0 aliphatic carbocycles. The molecule has 2 aromatic carbocycles. The van der Waals surface area contributed by atoms with Crippen molar-refractivity contribution >= 4 is 11.9 Å². The Bertz CT molecular complexity index is 625. The fourth-order valence-electron chi connectivity index (χ4n) is 2.31. The van der Waals surface area contributed by atoms with Crippen molar-refractivity contribution < 1.29 is 19.1 Å². The number of carbonyl (C=O) groups excluding carboxylic acids is 2. The van der Waals surface area contributed by atoms with E-state index in [1.807, 2.05) is 24.3 Å². The number of esters is 2. The summed E-state index contributed by atoms with van der Waals surface area (Å²) in [5.41, 5.74) is 3.42. The molecule has 25 heavy (non-hydrogen) atoms. The molecule has 0 unspecified atom stereocenters. The lowest BCUT2D eigenvalue weighted by atomic mass is 10.1. The van der Waals surface area contributed by atoms with Gasteiger partial charge in [-0.15, -0.1) is 0 Å². The van der Waals surface area contributed by atoms with E-state index in [0.29, 0.717) is 17.5 Å². The second-order valence-corrected chi connectivity index (χ2v) is 5.73. The van der Waals surface area contributed by atoms with Gasteiger partial charge in [-0.1, -0.05) is 38.1 Å². The molecule has 0 amide bonds. The van der Waals surface area contributed by atoms with E-state index >= 15 is 0 Å². The molecule has 132 valence electrons. The summed E-state index contributed by atoms with van der Waals surface area (Å²) in [6.45, 7) is 4.56. The van der Waals surface area contributed by atoms with Gasteiger partial charge in [-0.2, -0.15) is 0 Å². The monoisotopic (exact) mass is 340 g/mol. The molecule has 0 spiro atoms. The molecule has 0 aromatic heterocycles. The van der Waals surface area contributed by atoms with Crippen molar-refractivity contribution in [3.63, 3.8) is 0 Å². The van der Waals surface area contributed by atoms with Crippen LogP contribution in [0.5, 0.6) is 0 Å². The van der Waals surface area contributed by atoms with E-state index in [-0.39, 0.29) is 25.2 Å². The molecule has 0 radical (unpaired) electrons. The van der Waals surface area contributed by atoms with Crippen LogP contribution in [0.1, 0.15) is 52.1 Å². The Balaban J connectivity index is 1.68. The van der Waals surface area contributed by atoms with Crippen molar-refractivity contribution in [2.75, 3.05) is 13.2 Å². The predicted molar refractivity (Wildman–Crippen MR) is 96.8 cm³/mol. The Labute approximate surface area is 148 Å². The van der Waals surface area contributed by atoms with Gasteiger partial charge in [-0.05, 0) is 48.2 Å². The molecule has 0 aliphatic rings. The molecule has 0 fully saturated rings. The summed E-state index contributed by atoms with van der Waals surface area (Å²) in [6.07, 6.45) is 2.33. The fraction of sp³-hybridized carbons (Fsp3) is 0.333. The number of benzene rings is 2. The van der Waals surface area contributed by atoms with Crippen LogP contribution in [-0.4, -0.2) is 25.2 Å². The molecular weight excluding hydrogens is 316 g/mol. The van der Waals surface area contributed by atoms with E-state index < -0.39 is 0 Å². The Hall–Kier alpha value is -2.62. The quantitative estimate of drug-likeness (QED) is 0.533. The third-order valence-corrected chi connectivity index (χ3v) is 3.95. The van der Waals surface area contributed by atoms with Crippen LogP contribution in [0.25, 0.3) is 0 Å². The molecule has 0 atom stereocenters. The number of aryl methyl sites for hydroxylation is 2. The maximum atomic E-state index is 11.9. The highest BCUT2D eigenvalue weighted by Crippen LogP contribution is 2.08. The maximum Gasteiger partial charge on any atom is 0.338 e. The van der Waals surface area contributed by atoms with Gasteiger partial charge in [0.15, 0.2) is 0 Å². The SMILES string of the molecule is CCc1ccc(C(=O)OCCCOC(=O)c2ccc(CC)cc2)cc1. The van der Waals surface area contributed by atoms with Crippen molar-refractivity contribution in [3.05, 3.63) is 70.8 Å². The van der Waals surface area contributed by atoms with E-state index in [0.717, 1.165) is 12.8 Å². The van der Waals surface area contributed by atoms with Crippen molar-refractivity contribution in [2.24, 2.45) is 0 Å².